The first-order valence-corrected chi connectivity index (χ1v) is 5.63. The second-order valence-electron chi connectivity index (χ2n) is 4.97. The Morgan fingerprint density at radius 3 is 2.53 bits per heavy atom. The highest BCUT2D eigenvalue weighted by Crippen LogP contribution is 2.27. The number of alkyl halides is 3. The zero-order chi connectivity index (χ0) is 14.7. The second-order valence-corrected chi connectivity index (χ2v) is 4.97. The highest BCUT2D eigenvalue weighted by Gasteiger charge is 2.33. The van der Waals surface area contributed by atoms with Crippen LogP contribution in [-0.4, -0.2) is 28.0 Å². The lowest BCUT2D eigenvalue weighted by atomic mass is 10.1. The molecule has 0 radical (unpaired) electrons. The number of ether oxygens (including phenoxy) is 1. The summed E-state index contributed by atoms with van der Waals surface area (Å²) in [6.45, 7) is 5.38. The normalized spacial score (nSPS) is 12.3. The number of alkyl carbamates (subject to hydrolysis) is 1. The summed E-state index contributed by atoms with van der Waals surface area (Å²) in [4.78, 5) is 11.3. The molecule has 1 aromatic heterocycles. The van der Waals surface area contributed by atoms with Gasteiger partial charge in [0, 0.05) is 11.7 Å². The van der Waals surface area contributed by atoms with Crippen LogP contribution in [-0.2, 0) is 17.5 Å². The van der Waals surface area contributed by atoms with Gasteiger partial charge in [-0.3, -0.25) is 4.68 Å². The molecule has 1 aromatic rings. The highest BCUT2D eigenvalue weighted by atomic mass is 19.4. The maximum atomic E-state index is 12.3. The van der Waals surface area contributed by atoms with E-state index in [0.29, 0.717) is 0 Å². The van der Waals surface area contributed by atoms with Gasteiger partial charge < -0.3 is 10.1 Å². The quantitative estimate of drug-likeness (QED) is 0.924. The van der Waals surface area contributed by atoms with Crippen LogP contribution in [0.5, 0.6) is 0 Å². The zero-order valence-corrected chi connectivity index (χ0v) is 10.9. The molecular weight excluding hydrogens is 263 g/mol. The summed E-state index contributed by atoms with van der Waals surface area (Å²) in [5.41, 5.74) is -1.39. The molecule has 0 bridgehead atoms. The number of carbonyl (C=O) groups excluding carboxylic acids is 1. The average Bonchev–Trinajstić information content (AvgIpc) is 2.62. The molecule has 0 unspecified atom stereocenters. The van der Waals surface area contributed by atoms with E-state index >= 15 is 0 Å². The van der Waals surface area contributed by atoms with Crippen molar-refractivity contribution in [3.63, 3.8) is 0 Å². The minimum absolute atomic E-state index is 0.0547. The van der Waals surface area contributed by atoms with Crippen molar-refractivity contribution in [2.75, 3.05) is 6.61 Å². The van der Waals surface area contributed by atoms with Gasteiger partial charge in [-0.15, -0.1) is 0 Å². The number of aromatic nitrogens is 2. The molecular formula is C11H16F3N3O2. The van der Waals surface area contributed by atoms with Gasteiger partial charge in [0.25, 0.3) is 0 Å². The standard InChI is InChI=1S/C11H16F3N3O2/c1-10(2,3)15-9(18)19-7-6-17-5-4-8(16-17)11(12,13)14/h4-5H,6-7H2,1-3H3,(H,15,18). The molecule has 0 aliphatic rings. The lowest BCUT2D eigenvalue weighted by Gasteiger charge is -2.19. The van der Waals surface area contributed by atoms with Crippen LogP contribution >= 0.6 is 0 Å². The maximum absolute atomic E-state index is 12.3. The molecule has 1 rings (SSSR count). The Hall–Kier alpha value is -1.73. The molecule has 108 valence electrons. The molecule has 8 heteroatoms. The van der Waals surface area contributed by atoms with Gasteiger partial charge in [-0.05, 0) is 26.8 Å². The van der Waals surface area contributed by atoms with Crippen LogP contribution in [0.25, 0.3) is 0 Å². The lowest BCUT2D eigenvalue weighted by molar-refractivity contribution is -0.141. The number of rotatable bonds is 3. The lowest BCUT2D eigenvalue weighted by Crippen LogP contribution is -2.41. The van der Waals surface area contributed by atoms with Crippen molar-refractivity contribution in [1.29, 1.82) is 0 Å². The van der Waals surface area contributed by atoms with Gasteiger partial charge in [0.2, 0.25) is 0 Å². The summed E-state index contributed by atoms with van der Waals surface area (Å²) in [5, 5.41) is 5.90. The van der Waals surface area contributed by atoms with Gasteiger partial charge in [-0.1, -0.05) is 0 Å². The Bertz CT molecular complexity index is 435. The first-order chi connectivity index (χ1) is 8.58. The fourth-order valence-electron chi connectivity index (χ4n) is 1.21. The van der Waals surface area contributed by atoms with E-state index in [0.717, 1.165) is 10.7 Å². The predicted octanol–water partition coefficient (Wildman–Crippen LogP) is 2.43. The number of nitrogens with one attached hydrogen (secondary N) is 1. The number of hydrogen-bond acceptors (Lipinski definition) is 3. The predicted molar refractivity (Wildman–Crippen MR) is 61.5 cm³/mol. The number of halogens is 3. The third kappa shape index (κ3) is 5.62. The molecule has 1 heterocycles. The maximum Gasteiger partial charge on any atom is 0.435 e. The first kappa shape index (κ1) is 15.3. The van der Waals surface area contributed by atoms with E-state index in [2.05, 4.69) is 10.4 Å². The van der Waals surface area contributed by atoms with Crippen LogP contribution in [0, 0.1) is 0 Å². The number of hydrogen-bond donors (Lipinski definition) is 1. The van der Waals surface area contributed by atoms with Gasteiger partial charge >= 0.3 is 12.3 Å². The first-order valence-electron chi connectivity index (χ1n) is 5.63. The van der Waals surface area contributed by atoms with E-state index in [1.54, 1.807) is 20.8 Å². The van der Waals surface area contributed by atoms with Crippen molar-refractivity contribution >= 4 is 6.09 Å². The van der Waals surface area contributed by atoms with Gasteiger partial charge in [0.15, 0.2) is 5.69 Å². The monoisotopic (exact) mass is 279 g/mol. The number of nitrogens with zero attached hydrogens (tertiary/aromatic N) is 2. The SMILES string of the molecule is CC(C)(C)NC(=O)OCCn1ccc(C(F)(F)F)n1. The summed E-state index contributed by atoms with van der Waals surface area (Å²) < 4.78 is 42.7. The molecule has 0 saturated carbocycles. The third-order valence-electron chi connectivity index (χ3n) is 1.96. The van der Waals surface area contributed by atoms with Crippen LogP contribution in [0.4, 0.5) is 18.0 Å². The van der Waals surface area contributed by atoms with E-state index < -0.39 is 23.5 Å². The summed E-state index contributed by atoms with van der Waals surface area (Å²) in [5.74, 6) is 0. The molecule has 1 amide bonds. The van der Waals surface area contributed by atoms with E-state index in [9.17, 15) is 18.0 Å². The molecule has 5 nitrogen and oxygen atoms in total. The van der Waals surface area contributed by atoms with Crippen molar-refractivity contribution in [2.24, 2.45) is 0 Å². The van der Waals surface area contributed by atoms with Gasteiger partial charge in [-0.25, -0.2) is 4.79 Å². The molecule has 0 aliphatic carbocycles. The molecule has 0 atom stereocenters. The van der Waals surface area contributed by atoms with Gasteiger partial charge in [0.1, 0.15) is 6.61 Å². The Balaban J connectivity index is 2.38. The molecule has 0 fully saturated rings. The summed E-state index contributed by atoms with van der Waals surface area (Å²) >= 11 is 0. The summed E-state index contributed by atoms with van der Waals surface area (Å²) in [6.07, 6.45) is -3.89. The third-order valence-corrected chi connectivity index (χ3v) is 1.96. The Kier molecular flexibility index (Phi) is 4.43. The molecule has 0 aliphatic heterocycles. The van der Waals surface area contributed by atoms with Crippen molar-refractivity contribution in [1.82, 2.24) is 15.1 Å². The topological polar surface area (TPSA) is 56.1 Å². The molecule has 0 saturated heterocycles. The van der Waals surface area contributed by atoms with Gasteiger partial charge in [-0.2, -0.15) is 18.3 Å². The smallest absolute Gasteiger partial charge is 0.435 e. The van der Waals surface area contributed by atoms with Crippen molar-refractivity contribution in [3.8, 4) is 0 Å². The van der Waals surface area contributed by atoms with Crippen LogP contribution in [0.1, 0.15) is 26.5 Å². The summed E-state index contributed by atoms with van der Waals surface area (Å²) in [6, 6.07) is 0.870. The van der Waals surface area contributed by atoms with E-state index in [1.807, 2.05) is 0 Å². The Morgan fingerprint density at radius 2 is 2.05 bits per heavy atom. The van der Waals surface area contributed by atoms with Crippen molar-refractivity contribution in [2.45, 2.75) is 39.0 Å². The minimum atomic E-state index is -4.46. The Labute approximate surface area is 108 Å². The van der Waals surface area contributed by atoms with Gasteiger partial charge in [0.05, 0.1) is 6.54 Å². The van der Waals surface area contributed by atoms with E-state index in [1.165, 1.54) is 6.20 Å². The fraction of sp³-hybridized carbons (Fsp3) is 0.636. The van der Waals surface area contributed by atoms with Crippen molar-refractivity contribution < 1.29 is 22.7 Å². The van der Waals surface area contributed by atoms with Crippen LogP contribution in [0.3, 0.4) is 0 Å². The van der Waals surface area contributed by atoms with Crippen LogP contribution in [0.15, 0.2) is 12.3 Å². The summed E-state index contributed by atoms with van der Waals surface area (Å²) in [7, 11) is 0. The minimum Gasteiger partial charge on any atom is -0.448 e. The second kappa shape index (κ2) is 5.50. The van der Waals surface area contributed by atoms with Crippen molar-refractivity contribution in [3.05, 3.63) is 18.0 Å². The van der Waals surface area contributed by atoms with Crippen LogP contribution in [0.2, 0.25) is 0 Å². The van der Waals surface area contributed by atoms with E-state index in [4.69, 9.17) is 4.74 Å². The molecule has 1 N–H and O–H groups in total. The highest BCUT2D eigenvalue weighted by molar-refractivity contribution is 5.67. The molecule has 0 spiro atoms. The molecule has 0 aromatic carbocycles. The molecule has 19 heavy (non-hydrogen) atoms. The fourth-order valence-corrected chi connectivity index (χ4v) is 1.21. The number of amides is 1. The largest absolute Gasteiger partial charge is 0.448 e. The van der Waals surface area contributed by atoms with Crippen LogP contribution < -0.4 is 5.32 Å². The zero-order valence-electron chi connectivity index (χ0n) is 10.9. The van der Waals surface area contributed by atoms with E-state index in [-0.39, 0.29) is 13.2 Å². The average molecular weight is 279 g/mol. The number of carbonyl (C=O) groups is 1. The Morgan fingerprint density at radius 1 is 1.42 bits per heavy atom.